The molecule has 246 valence electrons. The van der Waals surface area contributed by atoms with Crippen molar-refractivity contribution >= 4 is 50.1 Å². The van der Waals surface area contributed by atoms with Crippen molar-refractivity contribution in [1.29, 1.82) is 0 Å². The number of hydrogen-bond donors (Lipinski definition) is 0. The molecule has 0 bridgehead atoms. The molecule has 0 atom stereocenters. The van der Waals surface area contributed by atoms with Crippen LogP contribution in [0.1, 0.15) is 65.4 Å². The van der Waals surface area contributed by atoms with Gasteiger partial charge in [0.15, 0.2) is 0 Å². The molecule has 1 heterocycles. The van der Waals surface area contributed by atoms with Crippen LogP contribution in [0.3, 0.4) is 0 Å². The van der Waals surface area contributed by atoms with Crippen molar-refractivity contribution in [1.82, 2.24) is 0 Å². The molecule has 0 aliphatic heterocycles. The van der Waals surface area contributed by atoms with E-state index >= 15 is 0 Å². The highest BCUT2D eigenvalue weighted by Gasteiger charge is 2.38. The van der Waals surface area contributed by atoms with E-state index in [0.29, 0.717) is 0 Å². The van der Waals surface area contributed by atoms with Crippen LogP contribution < -0.4 is 4.90 Å². The second-order valence-corrected chi connectivity index (χ2v) is 15.2. The number of nitrogens with zero attached hydrogens (tertiary/aromatic N) is 1. The van der Waals surface area contributed by atoms with E-state index in [9.17, 15) is 0 Å². The Bertz CT molecular complexity index is 2370. The van der Waals surface area contributed by atoms with E-state index in [1.165, 1.54) is 76.3 Å². The third-order valence-corrected chi connectivity index (χ3v) is 11.9. The monoisotopic (exact) mass is 665 g/mol. The number of fused-ring (bicyclic) bond motifs is 6. The Balaban J connectivity index is 1.23. The predicted molar refractivity (Wildman–Crippen MR) is 219 cm³/mol. The van der Waals surface area contributed by atoms with Crippen LogP contribution in [0.5, 0.6) is 0 Å². The van der Waals surface area contributed by atoms with Crippen molar-refractivity contribution in [3.05, 3.63) is 172 Å². The lowest BCUT2D eigenvalue weighted by molar-refractivity contribution is 0.660. The van der Waals surface area contributed by atoms with Gasteiger partial charge >= 0.3 is 0 Å². The van der Waals surface area contributed by atoms with Crippen molar-refractivity contribution in [2.45, 2.75) is 52.9 Å². The summed E-state index contributed by atoms with van der Waals surface area (Å²) >= 11 is 1.90. The Hall–Kier alpha value is -5.18. The molecule has 50 heavy (non-hydrogen) atoms. The van der Waals surface area contributed by atoms with Crippen LogP contribution in [0.15, 0.2) is 134 Å². The lowest BCUT2D eigenvalue weighted by Crippen LogP contribution is -2.17. The zero-order valence-corrected chi connectivity index (χ0v) is 30.5. The van der Waals surface area contributed by atoms with E-state index in [-0.39, 0.29) is 5.41 Å². The van der Waals surface area contributed by atoms with E-state index in [2.05, 4.69) is 180 Å². The molecule has 0 radical (unpaired) electrons. The summed E-state index contributed by atoms with van der Waals surface area (Å²) in [6, 6.07) is 36.5. The minimum absolute atomic E-state index is 0.134. The first-order chi connectivity index (χ1) is 24.3. The number of rotatable bonds is 6. The summed E-state index contributed by atoms with van der Waals surface area (Å²) in [4.78, 5) is 3.76. The van der Waals surface area contributed by atoms with Gasteiger partial charge in [0.25, 0.3) is 0 Å². The Kier molecular flexibility index (Phi) is 8.08. The van der Waals surface area contributed by atoms with Crippen molar-refractivity contribution < 1.29 is 0 Å². The minimum atomic E-state index is -0.134. The van der Waals surface area contributed by atoms with Gasteiger partial charge in [-0.25, -0.2) is 0 Å². The topological polar surface area (TPSA) is 3.24 Å². The number of aryl methyl sites for hydroxylation is 2. The lowest BCUT2D eigenvalue weighted by atomic mass is 9.80. The van der Waals surface area contributed by atoms with Gasteiger partial charge in [0, 0.05) is 32.1 Å². The molecular weight excluding hydrogens is 623 g/mol. The van der Waals surface area contributed by atoms with Crippen LogP contribution >= 0.6 is 11.3 Å². The molecule has 6 aromatic rings. The van der Waals surface area contributed by atoms with E-state index in [1.54, 1.807) is 0 Å². The zero-order chi connectivity index (χ0) is 34.6. The maximum Gasteiger partial charge on any atom is 0.0465 e. The van der Waals surface area contributed by atoms with E-state index < -0.39 is 0 Å². The highest BCUT2D eigenvalue weighted by atomic mass is 32.1. The fourth-order valence-corrected chi connectivity index (χ4v) is 9.14. The van der Waals surface area contributed by atoms with Crippen LogP contribution in [0, 0.1) is 13.8 Å². The molecule has 1 aromatic heterocycles. The van der Waals surface area contributed by atoms with Gasteiger partial charge in [-0.2, -0.15) is 0 Å². The zero-order valence-electron chi connectivity index (χ0n) is 29.7. The van der Waals surface area contributed by atoms with Gasteiger partial charge in [-0.05, 0) is 130 Å². The molecule has 5 aromatic carbocycles. The van der Waals surface area contributed by atoms with Crippen molar-refractivity contribution in [2.24, 2.45) is 0 Å². The van der Waals surface area contributed by atoms with Gasteiger partial charge < -0.3 is 4.90 Å². The first-order valence-electron chi connectivity index (χ1n) is 17.8. The summed E-state index contributed by atoms with van der Waals surface area (Å²) in [6.45, 7) is 15.8. The second kappa shape index (κ2) is 12.6. The van der Waals surface area contributed by atoms with Crippen LogP contribution in [0.4, 0.5) is 17.1 Å². The number of thiophene rings is 1. The lowest BCUT2D eigenvalue weighted by Gasteiger charge is -2.28. The summed E-state index contributed by atoms with van der Waals surface area (Å²) in [5.74, 6) is 0. The molecule has 0 amide bonds. The second-order valence-electron chi connectivity index (χ2n) is 14.2. The van der Waals surface area contributed by atoms with Crippen molar-refractivity contribution in [3.8, 4) is 22.3 Å². The number of allylic oxidation sites excluding steroid dienone is 6. The number of anilines is 3. The molecule has 2 aliphatic rings. The maximum atomic E-state index is 4.41. The van der Waals surface area contributed by atoms with Crippen LogP contribution in [0.25, 0.3) is 44.0 Å². The standard InChI is InChI=1S/C48H43NS/c1-7-8-17-45-33(4)39-15-12-16-40(47(39)50-45)34-20-24-36(25-21-34)49(35-22-18-31(2)19-23-35)37-26-27-42-44(30-37)48(5,6)43-29-28-38-32(3)13-10-9-11-14-41(38)46(42)43/h8-13,15-30H,3,7,14H2,1-2,4-6H3/b11-9-,13-10-,17-8-. The summed E-state index contributed by atoms with van der Waals surface area (Å²) in [5.41, 5.74) is 17.7. The van der Waals surface area contributed by atoms with Gasteiger partial charge in [-0.3, -0.25) is 0 Å². The summed E-state index contributed by atoms with van der Waals surface area (Å²) < 4.78 is 1.35. The Morgan fingerprint density at radius 3 is 2.26 bits per heavy atom. The predicted octanol–water partition coefficient (Wildman–Crippen LogP) is 14.1. The van der Waals surface area contributed by atoms with E-state index in [0.717, 1.165) is 29.8 Å². The normalized spacial score (nSPS) is 15.7. The first-order valence-corrected chi connectivity index (χ1v) is 18.6. The van der Waals surface area contributed by atoms with E-state index in [1.807, 2.05) is 11.3 Å². The quantitative estimate of drug-likeness (QED) is 0.171. The van der Waals surface area contributed by atoms with Crippen LogP contribution in [0.2, 0.25) is 0 Å². The van der Waals surface area contributed by atoms with Crippen molar-refractivity contribution in [3.63, 3.8) is 0 Å². The fourth-order valence-electron chi connectivity index (χ4n) is 7.87. The summed E-state index contributed by atoms with van der Waals surface area (Å²) in [6.07, 6.45) is 15.1. The molecule has 0 saturated heterocycles. The number of hydrogen-bond acceptors (Lipinski definition) is 2. The van der Waals surface area contributed by atoms with E-state index in [4.69, 9.17) is 0 Å². The van der Waals surface area contributed by atoms with Gasteiger partial charge in [-0.15, -0.1) is 11.3 Å². The molecule has 0 fully saturated rings. The molecule has 1 nitrogen and oxygen atoms in total. The van der Waals surface area contributed by atoms with Gasteiger partial charge in [0.1, 0.15) is 0 Å². The fraction of sp³-hybridized carbons (Fsp3) is 0.167. The third-order valence-electron chi connectivity index (χ3n) is 10.6. The smallest absolute Gasteiger partial charge is 0.0465 e. The highest BCUT2D eigenvalue weighted by Crippen LogP contribution is 2.53. The Labute approximate surface area is 301 Å². The molecule has 2 aliphatic carbocycles. The Morgan fingerprint density at radius 1 is 0.780 bits per heavy atom. The molecule has 8 rings (SSSR count). The third kappa shape index (κ3) is 5.30. The average Bonchev–Trinajstić information content (AvgIpc) is 3.56. The minimum Gasteiger partial charge on any atom is -0.310 e. The highest BCUT2D eigenvalue weighted by molar-refractivity contribution is 7.20. The van der Waals surface area contributed by atoms with Gasteiger partial charge in [-0.1, -0.05) is 124 Å². The van der Waals surface area contributed by atoms with Crippen LogP contribution in [-0.2, 0) is 11.8 Å². The SMILES string of the molecule is C=C1/C=C\C=C/Cc2c1ccc1c2-c2ccc(N(c3ccc(C)cc3)c3ccc(-c4cccc5c(C)c(/C=C\CC)sc45)cc3)cc2C1(C)C. The van der Waals surface area contributed by atoms with Gasteiger partial charge in [0.05, 0.1) is 0 Å². The van der Waals surface area contributed by atoms with Crippen LogP contribution in [-0.4, -0.2) is 0 Å². The van der Waals surface area contributed by atoms with Gasteiger partial charge in [0.2, 0.25) is 0 Å². The summed E-state index contributed by atoms with van der Waals surface area (Å²) in [5, 5.41) is 1.35. The first kappa shape index (κ1) is 32.0. The largest absolute Gasteiger partial charge is 0.310 e. The molecule has 2 heteroatoms. The maximum absolute atomic E-state index is 4.41. The molecular formula is C48H43NS. The molecule has 0 spiro atoms. The average molecular weight is 666 g/mol. The summed E-state index contributed by atoms with van der Waals surface area (Å²) in [7, 11) is 0. The molecule has 0 N–H and O–H groups in total. The molecule has 0 unspecified atom stereocenters. The number of benzene rings is 5. The molecule has 0 saturated carbocycles. The Morgan fingerprint density at radius 2 is 1.50 bits per heavy atom. The van der Waals surface area contributed by atoms with Crippen molar-refractivity contribution in [2.75, 3.05) is 4.90 Å².